The highest BCUT2D eigenvalue weighted by atomic mass is 32.1. The Bertz CT molecular complexity index is 432. The molecule has 0 spiro atoms. The summed E-state index contributed by atoms with van der Waals surface area (Å²) < 4.78 is 0. The van der Waals surface area contributed by atoms with Gasteiger partial charge in [0.1, 0.15) is 0 Å². The number of hydrogen-bond acceptors (Lipinski definition) is 2. The van der Waals surface area contributed by atoms with E-state index in [2.05, 4.69) is 62.4 Å². The van der Waals surface area contributed by atoms with Gasteiger partial charge in [0.05, 0.1) is 0 Å². The van der Waals surface area contributed by atoms with Gasteiger partial charge in [0.2, 0.25) is 0 Å². The molecule has 0 unspecified atom stereocenters. The van der Waals surface area contributed by atoms with Crippen LogP contribution in [0, 0.1) is 5.41 Å². The van der Waals surface area contributed by atoms with Crippen molar-refractivity contribution >= 4 is 16.9 Å². The first-order valence-corrected chi connectivity index (χ1v) is 7.04. The van der Waals surface area contributed by atoms with Gasteiger partial charge in [-0.2, -0.15) is 0 Å². The maximum Gasteiger partial charge on any atom is 0.0327 e. The van der Waals surface area contributed by atoms with Crippen molar-refractivity contribution in [2.45, 2.75) is 27.2 Å². The Hall–Kier alpha value is -1.02. The van der Waals surface area contributed by atoms with E-state index in [4.69, 9.17) is 0 Å². The predicted octanol–water partition coefficient (Wildman–Crippen LogP) is 4.40. The molecule has 0 saturated heterocycles. The molecule has 92 valence electrons. The van der Waals surface area contributed by atoms with Crippen molar-refractivity contribution in [3.63, 3.8) is 0 Å². The molecule has 0 saturated carbocycles. The van der Waals surface area contributed by atoms with Crippen molar-refractivity contribution in [3.05, 3.63) is 40.2 Å². The van der Waals surface area contributed by atoms with Gasteiger partial charge >= 0.3 is 0 Å². The molecule has 0 radical (unpaired) electrons. The first-order chi connectivity index (χ1) is 7.98. The van der Waals surface area contributed by atoms with Gasteiger partial charge < -0.3 is 4.90 Å². The molecule has 1 aliphatic heterocycles. The monoisotopic (exact) mass is 247 g/mol. The second-order valence-electron chi connectivity index (χ2n) is 5.62. The average molecular weight is 247 g/mol. The fourth-order valence-electron chi connectivity index (χ4n) is 2.10. The van der Waals surface area contributed by atoms with Gasteiger partial charge in [0.25, 0.3) is 0 Å². The van der Waals surface area contributed by atoms with Gasteiger partial charge in [-0.15, -0.1) is 11.3 Å². The molecule has 0 fully saturated rings. The molecule has 2 rings (SSSR count). The van der Waals surface area contributed by atoms with Crippen LogP contribution in [0.4, 0.5) is 0 Å². The summed E-state index contributed by atoms with van der Waals surface area (Å²) in [7, 11) is 2.17. The zero-order valence-corrected chi connectivity index (χ0v) is 12.0. The van der Waals surface area contributed by atoms with Crippen molar-refractivity contribution in [1.82, 2.24) is 4.90 Å². The molecular weight excluding hydrogens is 226 g/mol. The molecular formula is C15H21NS. The van der Waals surface area contributed by atoms with Crippen LogP contribution in [0.25, 0.3) is 5.57 Å². The summed E-state index contributed by atoms with van der Waals surface area (Å²) in [5.74, 6) is 0. The lowest BCUT2D eigenvalue weighted by Gasteiger charge is -2.24. The Labute approximate surface area is 108 Å². The molecule has 0 bridgehead atoms. The maximum atomic E-state index is 2.36. The normalized spacial score (nSPS) is 17.5. The third-order valence-electron chi connectivity index (χ3n) is 3.15. The minimum absolute atomic E-state index is 0.190. The molecule has 1 aliphatic rings. The van der Waals surface area contributed by atoms with Gasteiger partial charge in [0.15, 0.2) is 0 Å². The minimum atomic E-state index is 0.190. The van der Waals surface area contributed by atoms with Crippen LogP contribution in [0.1, 0.15) is 32.1 Å². The molecule has 17 heavy (non-hydrogen) atoms. The highest BCUT2D eigenvalue weighted by Gasteiger charge is 2.21. The van der Waals surface area contributed by atoms with Crippen LogP contribution in [0.2, 0.25) is 0 Å². The molecule has 1 aromatic heterocycles. The third-order valence-corrected chi connectivity index (χ3v) is 4.05. The van der Waals surface area contributed by atoms with E-state index in [0.29, 0.717) is 0 Å². The SMILES string of the molecule is CN1CCC=C1/C=C(\c1cccs1)C(C)(C)C. The second kappa shape index (κ2) is 4.69. The van der Waals surface area contributed by atoms with E-state index in [0.717, 1.165) is 6.54 Å². The summed E-state index contributed by atoms with van der Waals surface area (Å²) in [6.07, 6.45) is 5.86. The van der Waals surface area contributed by atoms with Crippen molar-refractivity contribution < 1.29 is 0 Å². The van der Waals surface area contributed by atoms with Gasteiger partial charge in [-0.3, -0.25) is 0 Å². The van der Waals surface area contributed by atoms with E-state index >= 15 is 0 Å². The standard InChI is InChI=1S/C15H21NS/c1-15(2,3)13(14-8-6-10-17-14)11-12-7-5-9-16(12)4/h6-8,10-11H,5,9H2,1-4H3/b13-11+. The number of allylic oxidation sites excluding steroid dienone is 2. The van der Waals surface area contributed by atoms with E-state index in [1.165, 1.54) is 22.6 Å². The van der Waals surface area contributed by atoms with Crippen molar-refractivity contribution in [2.24, 2.45) is 5.41 Å². The smallest absolute Gasteiger partial charge is 0.0327 e. The maximum absolute atomic E-state index is 2.36. The van der Waals surface area contributed by atoms with Crippen LogP contribution in [0.3, 0.4) is 0 Å². The molecule has 0 atom stereocenters. The van der Waals surface area contributed by atoms with Crippen molar-refractivity contribution in [3.8, 4) is 0 Å². The highest BCUT2D eigenvalue weighted by Crippen LogP contribution is 2.37. The third kappa shape index (κ3) is 2.81. The van der Waals surface area contributed by atoms with Crippen LogP contribution >= 0.6 is 11.3 Å². The van der Waals surface area contributed by atoms with Gasteiger partial charge in [-0.05, 0) is 34.9 Å². The summed E-state index contributed by atoms with van der Waals surface area (Å²) >= 11 is 1.83. The Kier molecular flexibility index (Phi) is 3.43. The Balaban J connectivity index is 2.38. The number of likely N-dealkylation sites (N-methyl/N-ethyl adjacent to an activating group) is 1. The second-order valence-corrected chi connectivity index (χ2v) is 6.57. The number of rotatable bonds is 2. The van der Waals surface area contributed by atoms with Crippen LogP contribution in [0.15, 0.2) is 35.4 Å². The van der Waals surface area contributed by atoms with E-state index in [1.54, 1.807) is 0 Å². The quantitative estimate of drug-likeness (QED) is 0.749. The minimum Gasteiger partial charge on any atom is -0.375 e. The van der Waals surface area contributed by atoms with Crippen LogP contribution < -0.4 is 0 Å². The number of hydrogen-bond donors (Lipinski definition) is 0. The predicted molar refractivity (Wildman–Crippen MR) is 77.1 cm³/mol. The summed E-state index contributed by atoms with van der Waals surface area (Å²) in [5.41, 5.74) is 2.99. The van der Waals surface area contributed by atoms with Gasteiger partial charge in [-0.25, -0.2) is 0 Å². The van der Waals surface area contributed by atoms with E-state index < -0.39 is 0 Å². The topological polar surface area (TPSA) is 3.24 Å². The Morgan fingerprint density at radius 1 is 1.41 bits per heavy atom. The zero-order chi connectivity index (χ0) is 12.5. The fraction of sp³-hybridized carbons (Fsp3) is 0.467. The molecule has 1 nitrogen and oxygen atoms in total. The van der Waals surface area contributed by atoms with Gasteiger partial charge in [-0.1, -0.05) is 32.9 Å². The Morgan fingerprint density at radius 2 is 2.18 bits per heavy atom. The van der Waals surface area contributed by atoms with Crippen LogP contribution in [-0.4, -0.2) is 18.5 Å². The summed E-state index contributed by atoms with van der Waals surface area (Å²) in [6.45, 7) is 8.00. The Morgan fingerprint density at radius 3 is 2.65 bits per heavy atom. The summed E-state index contributed by atoms with van der Waals surface area (Å²) in [6, 6.07) is 4.35. The first-order valence-electron chi connectivity index (χ1n) is 6.16. The lowest BCUT2D eigenvalue weighted by molar-refractivity contribution is 0.470. The van der Waals surface area contributed by atoms with Crippen LogP contribution in [0.5, 0.6) is 0 Å². The lowest BCUT2D eigenvalue weighted by atomic mass is 9.85. The summed E-state index contributed by atoms with van der Waals surface area (Å²) in [5, 5.41) is 2.15. The molecule has 0 aliphatic carbocycles. The molecule has 0 aromatic carbocycles. The van der Waals surface area contributed by atoms with Crippen molar-refractivity contribution in [1.29, 1.82) is 0 Å². The largest absolute Gasteiger partial charge is 0.375 e. The van der Waals surface area contributed by atoms with Crippen LogP contribution in [-0.2, 0) is 0 Å². The molecule has 0 amide bonds. The number of thiophene rings is 1. The van der Waals surface area contributed by atoms with E-state index in [-0.39, 0.29) is 5.41 Å². The van der Waals surface area contributed by atoms with E-state index in [1.807, 2.05) is 11.3 Å². The summed E-state index contributed by atoms with van der Waals surface area (Å²) in [4.78, 5) is 3.72. The molecule has 1 aromatic rings. The fourth-order valence-corrected chi connectivity index (χ4v) is 3.05. The molecule has 2 heterocycles. The highest BCUT2D eigenvalue weighted by molar-refractivity contribution is 7.11. The van der Waals surface area contributed by atoms with Crippen molar-refractivity contribution in [2.75, 3.05) is 13.6 Å². The average Bonchev–Trinajstić information content (AvgIpc) is 2.84. The first kappa shape index (κ1) is 12.4. The molecule has 0 N–H and O–H groups in total. The zero-order valence-electron chi connectivity index (χ0n) is 11.2. The van der Waals surface area contributed by atoms with Gasteiger partial charge in [0, 0.05) is 24.2 Å². The number of nitrogens with zero attached hydrogens (tertiary/aromatic N) is 1. The lowest BCUT2D eigenvalue weighted by Crippen LogP contribution is -2.14. The molecule has 2 heteroatoms. The van der Waals surface area contributed by atoms with E-state index in [9.17, 15) is 0 Å².